The van der Waals surface area contributed by atoms with Crippen molar-refractivity contribution in [1.82, 2.24) is 0 Å². The molecule has 0 unspecified atom stereocenters. The van der Waals surface area contributed by atoms with E-state index in [1.54, 1.807) is 23.9 Å². The van der Waals surface area contributed by atoms with E-state index in [2.05, 4.69) is 0 Å². The first-order chi connectivity index (χ1) is 10.1. The third-order valence-electron chi connectivity index (χ3n) is 3.27. The molecule has 0 aromatic heterocycles. The van der Waals surface area contributed by atoms with Crippen LogP contribution in [0.2, 0.25) is 5.02 Å². The minimum atomic E-state index is -0.615. The highest BCUT2D eigenvalue weighted by atomic mass is 35.5. The summed E-state index contributed by atoms with van der Waals surface area (Å²) in [5, 5.41) is 0.115. The lowest BCUT2D eigenvalue weighted by Gasteiger charge is -2.29. The molecule has 3 nitrogen and oxygen atoms in total. The molecule has 0 saturated carbocycles. The molecule has 2 N–H and O–H groups in total. The molecule has 1 aliphatic heterocycles. The topological polar surface area (TPSA) is 46.3 Å². The number of nitrogen functional groups attached to an aromatic ring is 1. The molecule has 108 valence electrons. The molecule has 3 rings (SSSR count). The number of halogens is 2. The number of carbonyl (C=O) groups excluding carboxylic acids is 1. The number of amides is 1. The molecule has 0 atom stereocenters. The van der Waals surface area contributed by atoms with Crippen molar-refractivity contribution in [3.8, 4) is 0 Å². The Morgan fingerprint density at radius 3 is 2.90 bits per heavy atom. The van der Waals surface area contributed by atoms with Gasteiger partial charge in [0.05, 0.1) is 16.3 Å². The molecule has 0 radical (unpaired) electrons. The molecule has 6 heteroatoms. The number of anilines is 2. The number of rotatable bonds is 1. The van der Waals surface area contributed by atoms with Crippen molar-refractivity contribution < 1.29 is 9.18 Å². The van der Waals surface area contributed by atoms with E-state index in [0.29, 0.717) is 17.9 Å². The summed E-state index contributed by atoms with van der Waals surface area (Å²) in [6, 6.07) is 9.61. The fraction of sp³-hybridized carbons (Fsp3) is 0.133. The Kier molecular flexibility index (Phi) is 3.78. The quantitative estimate of drug-likeness (QED) is 0.812. The SMILES string of the molecule is Nc1ccc2c(c1)N(C(=O)c1c(F)cccc1Cl)CCS2. The maximum atomic E-state index is 13.9. The summed E-state index contributed by atoms with van der Waals surface area (Å²) in [6.45, 7) is 0.491. The largest absolute Gasteiger partial charge is 0.399 e. The zero-order valence-corrected chi connectivity index (χ0v) is 12.5. The second kappa shape index (κ2) is 5.58. The summed E-state index contributed by atoms with van der Waals surface area (Å²) in [6.07, 6.45) is 0. The van der Waals surface area contributed by atoms with Gasteiger partial charge in [-0.2, -0.15) is 0 Å². The number of carbonyl (C=O) groups is 1. The van der Waals surface area contributed by atoms with Crippen LogP contribution in [-0.2, 0) is 0 Å². The molecular formula is C15H12ClFN2OS. The van der Waals surface area contributed by atoms with Crippen LogP contribution in [-0.4, -0.2) is 18.2 Å². The number of thioether (sulfide) groups is 1. The molecule has 0 fully saturated rings. The zero-order chi connectivity index (χ0) is 15.0. The standard InChI is InChI=1S/C15H12ClFN2OS/c16-10-2-1-3-11(17)14(10)15(20)19-6-7-21-13-5-4-9(18)8-12(13)19/h1-5,8H,6-7,18H2. The maximum Gasteiger partial charge on any atom is 0.262 e. The number of hydrogen-bond donors (Lipinski definition) is 1. The van der Waals surface area contributed by atoms with Gasteiger partial charge in [0.25, 0.3) is 5.91 Å². The third kappa shape index (κ3) is 2.59. The van der Waals surface area contributed by atoms with Gasteiger partial charge in [-0.25, -0.2) is 4.39 Å². The van der Waals surface area contributed by atoms with Crippen LogP contribution in [0, 0.1) is 5.82 Å². The normalized spacial score (nSPS) is 13.9. The lowest BCUT2D eigenvalue weighted by Crippen LogP contribution is -2.36. The lowest BCUT2D eigenvalue weighted by atomic mass is 10.1. The fourth-order valence-electron chi connectivity index (χ4n) is 2.28. The summed E-state index contributed by atoms with van der Waals surface area (Å²) in [7, 11) is 0. The molecular weight excluding hydrogens is 311 g/mol. The first-order valence-corrected chi connectivity index (χ1v) is 7.72. The van der Waals surface area contributed by atoms with E-state index in [-0.39, 0.29) is 10.6 Å². The van der Waals surface area contributed by atoms with Gasteiger partial charge in [0, 0.05) is 22.9 Å². The van der Waals surface area contributed by atoms with E-state index >= 15 is 0 Å². The van der Waals surface area contributed by atoms with Gasteiger partial charge in [0.2, 0.25) is 0 Å². The smallest absolute Gasteiger partial charge is 0.262 e. The fourth-order valence-corrected chi connectivity index (χ4v) is 3.50. The summed E-state index contributed by atoms with van der Waals surface area (Å²) >= 11 is 7.63. The first-order valence-electron chi connectivity index (χ1n) is 6.36. The van der Waals surface area contributed by atoms with E-state index < -0.39 is 11.7 Å². The maximum absolute atomic E-state index is 13.9. The number of nitrogens with two attached hydrogens (primary N) is 1. The third-order valence-corrected chi connectivity index (χ3v) is 4.63. The molecule has 1 heterocycles. The highest BCUT2D eigenvalue weighted by Crippen LogP contribution is 2.37. The number of nitrogens with zero attached hydrogens (tertiary/aromatic N) is 1. The van der Waals surface area contributed by atoms with Gasteiger partial charge < -0.3 is 10.6 Å². The van der Waals surface area contributed by atoms with E-state index in [0.717, 1.165) is 10.6 Å². The Hall–Kier alpha value is -1.72. The number of benzene rings is 2. The molecule has 2 aromatic carbocycles. The van der Waals surface area contributed by atoms with Crippen LogP contribution in [0.1, 0.15) is 10.4 Å². The van der Waals surface area contributed by atoms with Crippen LogP contribution >= 0.6 is 23.4 Å². The predicted octanol–water partition coefficient (Wildman–Crippen LogP) is 3.81. The summed E-state index contributed by atoms with van der Waals surface area (Å²) in [5.41, 5.74) is 6.97. The molecule has 1 amide bonds. The molecule has 21 heavy (non-hydrogen) atoms. The lowest BCUT2D eigenvalue weighted by molar-refractivity contribution is 0.0984. The van der Waals surface area contributed by atoms with E-state index in [1.165, 1.54) is 23.1 Å². The van der Waals surface area contributed by atoms with Crippen molar-refractivity contribution in [1.29, 1.82) is 0 Å². The van der Waals surface area contributed by atoms with Gasteiger partial charge in [0.1, 0.15) is 5.82 Å². The predicted molar refractivity (Wildman–Crippen MR) is 84.7 cm³/mol. The van der Waals surface area contributed by atoms with Gasteiger partial charge in [-0.15, -0.1) is 11.8 Å². The first kappa shape index (κ1) is 14.2. The summed E-state index contributed by atoms with van der Waals surface area (Å²) in [4.78, 5) is 15.2. The van der Waals surface area contributed by atoms with Crippen molar-refractivity contribution in [2.75, 3.05) is 22.9 Å². The Balaban J connectivity index is 2.06. The Bertz CT molecular complexity index is 703. The minimum Gasteiger partial charge on any atom is -0.399 e. The van der Waals surface area contributed by atoms with Crippen molar-refractivity contribution in [3.05, 3.63) is 52.8 Å². The van der Waals surface area contributed by atoms with Crippen molar-refractivity contribution in [3.63, 3.8) is 0 Å². The highest BCUT2D eigenvalue weighted by Gasteiger charge is 2.27. The van der Waals surface area contributed by atoms with Gasteiger partial charge in [0.15, 0.2) is 0 Å². The monoisotopic (exact) mass is 322 g/mol. The van der Waals surface area contributed by atoms with E-state index in [1.807, 2.05) is 6.07 Å². The minimum absolute atomic E-state index is 0.0977. The van der Waals surface area contributed by atoms with Gasteiger partial charge in [-0.1, -0.05) is 17.7 Å². The van der Waals surface area contributed by atoms with Gasteiger partial charge in [-0.3, -0.25) is 4.79 Å². The molecule has 0 bridgehead atoms. The van der Waals surface area contributed by atoms with Crippen molar-refractivity contribution in [2.24, 2.45) is 0 Å². The summed E-state index contributed by atoms with van der Waals surface area (Å²) in [5.74, 6) is -0.309. The van der Waals surface area contributed by atoms with Crippen LogP contribution in [0.4, 0.5) is 15.8 Å². The second-order valence-electron chi connectivity index (χ2n) is 4.63. The second-order valence-corrected chi connectivity index (χ2v) is 6.17. The number of fused-ring (bicyclic) bond motifs is 1. The highest BCUT2D eigenvalue weighted by molar-refractivity contribution is 7.99. The molecule has 2 aromatic rings. The molecule has 0 aliphatic carbocycles. The van der Waals surface area contributed by atoms with Gasteiger partial charge >= 0.3 is 0 Å². The van der Waals surface area contributed by atoms with Crippen molar-refractivity contribution >= 4 is 40.6 Å². The van der Waals surface area contributed by atoms with Crippen LogP contribution in [0.3, 0.4) is 0 Å². The van der Waals surface area contributed by atoms with E-state index in [9.17, 15) is 9.18 Å². The average molecular weight is 323 g/mol. The van der Waals surface area contributed by atoms with Crippen LogP contribution in [0.25, 0.3) is 0 Å². The van der Waals surface area contributed by atoms with Crippen LogP contribution < -0.4 is 10.6 Å². The Labute approximate surface area is 130 Å². The zero-order valence-electron chi connectivity index (χ0n) is 11.0. The average Bonchev–Trinajstić information content (AvgIpc) is 2.46. The van der Waals surface area contributed by atoms with E-state index in [4.69, 9.17) is 17.3 Å². The number of hydrogen-bond acceptors (Lipinski definition) is 3. The molecule has 0 spiro atoms. The van der Waals surface area contributed by atoms with Crippen molar-refractivity contribution in [2.45, 2.75) is 4.90 Å². The van der Waals surface area contributed by atoms with Crippen LogP contribution in [0.15, 0.2) is 41.3 Å². The Morgan fingerprint density at radius 2 is 2.14 bits per heavy atom. The Morgan fingerprint density at radius 1 is 1.33 bits per heavy atom. The molecule has 0 saturated heterocycles. The van der Waals surface area contributed by atoms with Gasteiger partial charge in [-0.05, 0) is 30.3 Å². The summed E-state index contributed by atoms with van der Waals surface area (Å²) < 4.78 is 13.9. The van der Waals surface area contributed by atoms with Crippen LogP contribution in [0.5, 0.6) is 0 Å². The molecule has 1 aliphatic rings.